The van der Waals surface area contributed by atoms with Gasteiger partial charge in [-0.25, -0.2) is 4.79 Å². The highest BCUT2D eigenvalue weighted by Gasteiger charge is 2.54. The maximum absolute atomic E-state index is 13.5. The molecule has 0 heterocycles. The van der Waals surface area contributed by atoms with Gasteiger partial charge in [-0.3, -0.25) is 4.79 Å². The highest BCUT2D eigenvalue weighted by molar-refractivity contribution is 7.82. The molecule has 6 nitrogen and oxygen atoms in total. The zero-order valence-corrected chi connectivity index (χ0v) is 24.9. The second kappa shape index (κ2) is 13.4. The molecule has 0 aromatic heterocycles. The molecule has 3 aromatic rings. The summed E-state index contributed by atoms with van der Waals surface area (Å²) in [5, 5.41) is 16.3. The molecule has 0 saturated carbocycles. The van der Waals surface area contributed by atoms with Crippen molar-refractivity contribution >= 4 is 24.7 Å². The van der Waals surface area contributed by atoms with Crippen LogP contribution in [0.3, 0.4) is 0 Å². The van der Waals surface area contributed by atoms with Gasteiger partial charge in [0.1, 0.15) is 16.5 Å². The Labute approximate surface area is 244 Å². The van der Waals surface area contributed by atoms with Crippen LogP contribution < -0.4 is 10.6 Å². The summed E-state index contributed by atoms with van der Waals surface area (Å²) < 4.78 is 5.74. The van der Waals surface area contributed by atoms with E-state index in [-0.39, 0.29) is 18.9 Å². The highest BCUT2D eigenvalue weighted by atomic mass is 32.1. The number of nitrogens with one attached hydrogen (secondary N) is 2. The molecule has 0 aliphatic rings. The average molecular weight is 563 g/mol. The van der Waals surface area contributed by atoms with Crippen molar-refractivity contribution in [1.82, 2.24) is 10.6 Å². The van der Waals surface area contributed by atoms with Crippen molar-refractivity contribution in [2.75, 3.05) is 6.54 Å². The summed E-state index contributed by atoms with van der Waals surface area (Å²) in [5.74, 6) is -0.979. The van der Waals surface area contributed by atoms with Gasteiger partial charge in [0.15, 0.2) is 0 Å². The van der Waals surface area contributed by atoms with Crippen LogP contribution in [0.15, 0.2) is 91.0 Å². The molecule has 1 unspecified atom stereocenters. The Balaban J connectivity index is 2.26. The maximum Gasteiger partial charge on any atom is 0.408 e. The number of carbonyl (C=O) groups excluding carboxylic acids is 1. The number of carboxylic acid groups (broad SMARTS) is 1. The van der Waals surface area contributed by atoms with Gasteiger partial charge in [-0.1, -0.05) is 111 Å². The lowest BCUT2D eigenvalue weighted by molar-refractivity contribution is -0.140. The molecule has 214 valence electrons. The van der Waals surface area contributed by atoms with Crippen molar-refractivity contribution in [3.05, 3.63) is 108 Å². The van der Waals surface area contributed by atoms with Crippen molar-refractivity contribution in [1.29, 1.82) is 0 Å². The average Bonchev–Trinajstić information content (AvgIpc) is 2.91. The van der Waals surface area contributed by atoms with E-state index in [0.717, 1.165) is 16.7 Å². The summed E-state index contributed by atoms with van der Waals surface area (Å²) in [6.45, 7) is 9.63. The predicted octanol–water partition coefficient (Wildman–Crippen LogP) is 6.65. The van der Waals surface area contributed by atoms with E-state index in [1.54, 1.807) is 0 Å². The van der Waals surface area contributed by atoms with Gasteiger partial charge in [-0.2, -0.15) is 0 Å². The normalized spacial score (nSPS) is 14.9. The Kier molecular flexibility index (Phi) is 10.4. The fourth-order valence-electron chi connectivity index (χ4n) is 5.27. The Morgan fingerprint density at radius 1 is 0.850 bits per heavy atom. The Morgan fingerprint density at radius 2 is 1.27 bits per heavy atom. The molecule has 0 aliphatic carbocycles. The molecule has 3 rings (SSSR count). The van der Waals surface area contributed by atoms with E-state index >= 15 is 0 Å². The van der Waals surface area contributed by atoms with E-state index in [1.165, 1.54) is 0 Å². The van der Waals surface area contributed by atoms with E-state index in [2.05, 4.69) is 10.6 Å². The van der Waals surface area contributed by atoms with Crippen molar-refractivity contribution in [3.63, 3.8) is 0 Å². The molecule has 3 atom stereocenters. The van der Waals surface area contributed by atoms with E-state index in [9.17, 15) is 14.7 Å². The third-order valence-corrected chi connectivity index (χ3v) is 7.95. The number of ether oxygens (including phenoxy) is 1. The molecule has 0 radical (unpaired) electrons. The standard InChI is InChI=1S/C33H42N2O4S/c1-6-24(2)28(29(36)37)34-23-22-32(40,35-30(38)39-31(3,4)5)33(25-16-10-7-11-17-25,26-18-12-8-13-19-26)27-20-14-9-15-21-27/h7-21,24,28,34,40H,6,22-23H2,1-5H3,(H,35,38)(H,36,37)/t24-,28-,32?/m0/s1. The molecule has 7 heteroatoms. The van der Waals surface area contributed by atoms with Crippen LogP contribution in [-0.4, -0.2) is 40.2 Å². The van der Waals surface area contributed by atoms with Crippen LogP contribution in [0.2, 0.25) is 0 Å². The van der Waals surface area contributed by atoms with Gasteiger partial charge in [0, 0.05) is 0 Å². The minimum atomic E-state index is -1.26. The zero-order chi connectivity index (χ0) is 29.4. The number of hydrogen-bond donors (Lipinski definition) is 4. The third kappa shape index (κ3) is 7.07. The molecular formula is C33H42N2O4S. The number of alkyl carbamates (subject to hydrolysis) is 1. The van der Waals surface area contributed by atoms with Crippen molar-refractivity contribution in [3.8, 4) is 0 Å². The smallest absolute Gasteiger partial charge is 0.408 e. The van der Waals surface area contributed by atoms with Crippen LogP contribution in [0.5, 0.6) is 0 Å². The molecule has 40 heavy (non-hydrogen) atoms. The van der Waals surface area contributed by atoms with Gasteiger partial charge in [-0.05, 0) is 56.3 Å². The lowest BCUT2D eigenvalue weighted by Crippen LogP contribution is -2.62. The molecule has 0 aliphatic heterocycles. The Morgan fingerprint density at radius 3 is 1.62 bits per heavy atom. The second-order valence-corrected chi connectivity index (χ2v) is 12.0. The largest absolute Gasteiger partial charge is 0.480 e. The van der Waals surface area contributed by atoms with Crippen LogP contribution in [0.4, 0.5) is 4.79 Å². The lowest BCUT2D eigenvalue weighted by Gasteiger charge is -2.50. The summed E-state index contributed by atoms with van der Waals surface area (Å²) in [6.07, 6.45) is 0.397. The topological polar surface area (TPSA) is 87.7 Å². The minimum absolute atomic E-state index is 0.0761. The molecule has 0 fully saturated rings. The number of carboxylic acids is 1. The van der Waals surface area contributed by atoms with Crippen LogP contribution in [0.1, 0.15) is 64.2 Å². The SMILES string of the molecule is CC[C@H](C)[C@H](NCCC(S)(NC(=O)OC(C)(C)C)C(c1ccccc1)(c1ccccc1)c1ccccc1)C(=O)O. The second-order valence-electron chi connectivity index (χ2n) is 11.2. The Hall–Kier alpha value is -3.29. The predicted molar refractivity (Wildman–Crippen MR) is 164 cm³/mol. The zero-order valence-electron chi connectivity index (χ0n) is 24.1. The van der Waals surface area contributed by atoms with Gasteiger partial charge in [0.05, 0.1) is 5.41 Å². The first-order valence-corrected chi connectivity index (χ1v) is 14.3. The quantitative estimate of drug-likeness (QED) is 0.113. The van der Waals surface area contributed by atoms with Crippen LogP contribution in [-0.2, 0) is 14.9 Å². The van der Waals surface area contributed by atoms with Crippen LogP contribution in [0, 0.1) is 5.92 Å². The molecular weight excluding hydrogens is 520 g/mol. The van der Waals surface area contributed by atoms with Gasteiger partial charge < -0.3 is 20.5 Å². The Bertz CT molecular complexity index is 1130. The molecule has 3 N–H and O–H groups in total. The summed E-state index contributed by atoms with van der Waals surface area (Å²) in [6, 6.07) is 29.2. The number of thiol groups is 1. The number of rotatable bonds is 12. The fraction of sp³-hybridized carbons (Fsp3) is 0.394. The van der Waals surface area contributed by atoms with Crippen molar-refractivity contribution in [2.45, 2.75) is 69.4 Å². The summed E-state index contributed by atoms with van der Waals surface area (Å²) in [7, 11) is 0. The first-order chi connectivity index (χ1) is 18.9. The van der Waals surface area contributed by atoms with Gasteiger partial charge in [-0.15, -0.1) is 12.6 Å². The molecule has 0 bridgehead atoms. The molecule has 3 aromatic carbocycles. The number of amides is 1. The first kappa shape index (κ1) is 31.2. The monoisotopic (exact) mass is 562 g/mol. The van der Waals surface area contributed by atoms with E-state index < -0.39 is 34.0 Å². The first-order valence-electron chi connectivity index (χ1n) is 13.8. The highest BCUT2D eigenvalue weighted by Crippen LogP contribution is 2.51. The summed E-state index contributed by atoms with van der Waals surface area (Å²) >= 11 is 5.35. The van der Waals surface area contributed by atoms with Gasteiger partial charge in [0.2, 0.25) is 0 Å². The number of carbonyl (C=O) groups is 2. The van der Waals surface area contributed by atoms with Crippen LogP contribution >= 0.6 is 12.6 Å². The van der Waals surface area contributed by atoms with E-state index in [1.807, 2.05) is 126 Å². The van der Waals surface area contributed by atoms with E-state index in [4.69, 9.17) is 17.4 Å². The number of aliphatic carboxylic acids is 1. The molecule has 0 spiro atoms. The fourth-order valence-corrected chi connectivity index (χ4v) is 5.86. The summed E-state index contributed by atoms with van der Waals surface area (Å²) in [4.78, 5) is 24.3. The molecule has 0 saturated heterocycles. The number of benzene rings is 3. The number of hydrogen-bond acceptors (Lipinski definition) is 5. The van der Waals surface area contributed by atoms with E-state index in [0.29, 0.717) is 6.42 Å². The van der Waals surface area contributed by atoms with Gasteiger partial charge in [0.25, 0.3) is 0 Å². The van der Waals surface area contributed by atoms with Crippen molar-refractivity contribution < 1.29 is 19.4 Å². The van der Waals surface area contributed by atoms with Crippen molar-refractivity contribution in [2.24, 2.45) is 5.92 Å². The van der Waals surface area contributed by atoms with Gasteiger partial charge >= 0.3 is 12.1 Å². The lowest BCUT2D eigenvalue weighted by atomic mass is 9.63. The van der Waals surface area contributed by atoms with Crippen LogP contribution in [0.25, 0.3) is 0 Å². The summed E-state index contributed by atoms with van der Waals surface area (Å²) in [5.41, 5.74) is 1.07. The maximum atomic E-state index is 13.5. The molecule has 1 amide bonds. The minimum Gasteiger partial charge on any atom is -0.480 e. The third-order valence-electron chi connectivity index (χ3n) is 7.28.